The highest BCUT2D eigenvalue weighted by Crippen LogP contribution is 2.25. The molecule has 6 heteroatoms. The summed E-state index contributed by atoms with van der Waals surface area (Å²) in [6.07, 6.45) is 0.815. The zero-order chi connectivity index (χ0) is 17.5. The van der Waals surface area contributed by atoms with Crippen LogP contribution in [0.4, 0.5) is 0 Å². The van der Waals surface area contributed by atoms with E-state index in [4.69, 9.17) is 4.42 Å². The minimum atomic E-state index is -0.0448. The number of hydrogen-bond donors (Lipinski definition) is 1. The second-order valence-corrected chi connectivity index (χ2v) is 6.49. The Kier molecular flexibility index (Phi) is 5.85. The monoisotopic (exact) mass is 353 g/mol. The van der Waals surface area contributed by atoms with Gasteiger partial charge < -0.3 is 9.73 Å². The van der Waals surface area contributed by atoms with E-state index in [1.54, 1.807) is 0 Å². The SMILES string of the molecule is Cc1ccccc1-c1nnc(SCC(=O)NCCc2ccccc2)o1. The predicted octanol–water partition coefficient (Wildman–Crippen LogP) is 3.50. The molecule has 1 heterocycles. The molecule has 0 saturated carbocycles. The number of thioether (sulfide) groups is 1. The molecule has 0 saturated heterocycles. The third-order valence-corrected chi connectivity index (χ3v) is 4.51. The van der Waals surface area contributed by atoms with Crippen LogP contribution in [0.3, 0.4) is 0 Å². The number of benzene rings is 2. The van der Waals surface area contributed by atoms with Crippen molar-refractivity contribution in [2.45, 2.75) is 18.6 Å². The van der Waals surface area contributed by atoms with Crippen LogP contribution < -0.4 is 5.32 Å². The molecule has 3 rings (SSSR count). The van der Waals surface area contributed by atoms with E-state index in [1.165, 1.54) is 17.3 Å². The number of amides is 1. The molecule has 1 amide bonds. The molecule has 1 aromatic heterocycles. The second kappa shape index (κ2) is 8.48. The number of carbonyl (C=O) groups excluding carboxylic acids is 1. The van der Waals surface area contributed by atoms with E-state index in [0.717, 1.165) is 17.5 Å². The van der Waals surface area contributed by atoms with E-state index in [2.05, 4.69) is 15.5 Å². The molecule has 0 fully saturated rings. The van der Waals surface area contributed by atoms with Crippen LogP contribution in [-0.4, -0.2) is 28.4 Å². The lowest BCUT2D eigenvalue weighted by Gasteiger charge is -2.04. The van der Waals surface area contributed by atoms with Gasteiger partial charge in [-0.25, -0.2) is 0 Å². The molecule has 0 unspecified atom stereocenters. The smallest absolute Gasteiger partial charge is 0.277 e. The average molecular weight is 353 g/mol. The number of rotatable bonds is 7. The maximum absolute atomic E-state index is 11.9. The van der Waals surface area contributed by atoms with Crippen molar-refractivity contribution in [1.29, 1.82) is 0 Å². The van der Waals surface area contributed by atoms with Crippen LogP contribution in [0.25, 0.3) is 11.5 Å². The topological polar surface area (TPSA) is 68.0 Å². The van der Waals surface area contributed by atoms with Crippen LogP contribution >= 0.6 is 11.8 Å². The third kappa shape index (κ3) is 4.93. The van der Waals surface area contributed by atoms with Gasteiger partial charge in [-0.2, -0.15) is 0 Å². The first-order valence-electron chi connectivity index (χ1n) is 8.05. The zero-order valence-corrected chi connectivity index (χ0v) is 14.8. The van der Waals surface area contributed by atoms with Gasteiger partial charge in [-0.1, -0.05) is 60.3 Å². The molecule has 3 aromatic rings. The number of aryl methyl sites for hydroxylation is 1. The summed E-state index contributed by atoms with van der Waals surface area (Å²) < 4.78 is 5.64. The summed E-state index contributed by atoms with van der Waals surface area (Å²) in [6.45, 7) is 2.61. The minimum absolute atomic E-state index is 0.0448. The molecule has 0 aliphatic rings. The molecule has 25 heavy (non-hydrogen) atoms. The largest absolute Gasteiger partial charge is 0.411 e. The Morgan fingerprint density at radius 1 is 1.08 bits per heavy atom. The Balaban J connectivity index is 1.46. The van der Waals surface area contributed by atoms with E-state index in [9.17, 15) is 4.79 Å². The van der Waals surface area contributed by atoms with Gasteiger partial charge in [0, 0.05) is 12.1 Å². The lowest BCUT2D eigenvalue weighted by molar-refractivity contribution is -0.118. The first kappa shape index (κ1) is 17.2. The van der Waals surface area contributed by atoms with Crippen LogP contribution in [0, 0.1) is 6.92 Å². The van der Waals surface area contributed by atoms with Crippen molar-refractivity contribution in [2.24, 2.45) is 0 Å². The van der Waals surface area contributed by atoms with Crippen molar-refractivity contribution in [3.8, 4) is 11.5 Å². The highest BCUT2D eigenvalue weighted by Gasteiger charge is 2.12. The molecule has 0 atom stereocenters. The number of nitrogens with zero attached hydrogens (tertiary/aromatic N) is 2. The molecule has 1 N–H and O–H groups in total. The summed E-state index contributed by atoms with van der Waals surface area (Å²) in [7, 11) is 0. The van der Waals surface area contributed by atoms with E-state index in [-0.39, 0.29) is 11.7 Å². The van der Waals surface area contributed by atoms with E-state index >= 15 is 0 Å². The summed E-state index contributed by atoms with van der Waals surface area (Å²) in [5.41, 5.74) is 3.19. The fourth-order valence-electron chi connectivity index (χ4n) is 2.36. The maximum Gasteiger partial charge on any atom is 0.277 e. The molecule has 128 valence electrons. The Morgan fingerprint density at radius 3 is 2.64 bits per heavy atom. The third-order valence-electron chi connectivity index (χ3n) is 3.69. The normalized spacial score (nSPS) is 10.6. The highest BCUT2D eigenvalue weighted by atomic mass is 32.2. The summed E-state index contributed by atoms with van der Waals surface area (Å²) in [5.74, 6) is 0.686. The first-order chi connectivity index (χ1) is 12.2. The molecular formula is C19H19N3O2S. The van der Waals surface area contributed by atoms with Crippen molar-refractivity contribution in [1.82, 2.24) is 15.5 Å². The van der Waals surface area contributed by atoms with Gasteiger partial charge in [0.2, 0.25) is 11.8 Å². The molecule has 0 spiro atoms. The van der Waals surface area contributed by atoms with Crippen molar-refractivity contribution in [3.63, 3.8) is 0 Å². The second-order valence-electron chi connectivity index (χ2n) is 5.56. The fourth-order valence-corrected chi connectivity index (χ4v) is 2.95. The molecule has 2 aromatic carbocycles. The average Bonchev–Trinajstić information content (AvgIpc) is 3.10. The summed E-state index contributed by atoms with van der Waals surface area (Å²) in [6, 6.07) is 17.9. The van der Waals surface area contributed by atoms with Gasteiger partial charge >= 0.3 is 0 Å². The fraction of sp³-hybridized carbons (Fsp3) is 0.211. The molecule has 0 aliphatic heterocycles. The van der Waals surface area contributed by atoms with Gasteiger partial charge in [-0.15, -0.1) is 10.2 Å². The van der Waals surface area contributed by atoms with Crippen molar-refractivity contribution >= 4 is 17.7 Å². The van der Waals surface area contributed by atoms with Gasteiger partial charge in [0.1, 0.15) is 0 Å². The quantitative estimate of drug-likeness (QED) is 0.659. The van der Waals surface area contributed by atoms with Gasteiger partial charge in [0.25, 0.3) is 5.22 Å². The predicted molar refractivity (Wildman–Crippen MR) is 98.4 cm³/mol. The Hall–Kier alpha value is -2.60. The number of hydrogen-bond acceptors (Lipinski definition) is 5. The zero-order valence-electron chi connectivity index (χ0n) is 13.9. The molecule has 0 radical (unpaired) electrons. The number of carbonyl (C=O) groups is 1. The lowest BCUT2D eigenvalue weighted by Crippen LogP contribution is -2.27. The van der Waals surface area contributed by atoms with Crippen LogP contribution in [0.15, 0.2) is 64.2 Å². The van der Waals surface area contributed by atoms with Gasteiger partial charge in [-0.05, 0) is 30.5 Å². The van der Waals surface area contributed by atoms with Crippen molar-refractivity contribution < 1.29 is 9.21 Å². The van der Waals surface area contributed by atoms with E-state index in [1.807, 2.05) is 61.5 Å². The summed E-state index contributed by atoms with van der Waals surface area (Å²) >= 11 is 1.24. The lowest BCUT2D eigenvalue weighted by atomic mass is 10.1. The first-order valence-corrected chi connectivity index (χ1v) is 9.04. The van der Waals surface area contributed by atoms with Crippen LogP contribution in [0.2, 0.25) is 0 Å². The van der Waals surface area contributed by atoms with Crippen LogP contribution in [0.5, 0.6) is 0 Å². The Bertz CT molecular complexity index is 833. The van der Waals surface area contributed by atoms with E-state index in [0.29, 0.717) is 17.7 Å². The number of nitrogens with one attached hydrogen (secondary N) is 1. The number of aromatic nitrogens is 2. The van der Waals surface area contributed by atoms with Gasteiger partial charge in [-0.3, -0.25) is 4.79 Å². The van der Waals surface area contributed by atoms with Gasteiger partial charge in [0.15, 0.2) is 0 Å². The summed E-state index contributed by atoms with van der Waals surface area (Å²) in [4.78, 5) is 11.9. The molecular weight excluding hydrogens is 334 g/mol. The Labute approximate surface area is 150 Å². The summed E-state index contributed by atoms with van der Waals surface area (Å²) in [5, 5.41) is 11.4. The molecule has 5 nitrogen and oxygen atoms in total. The van der Waals surface area contributed by atoms with Crippen molar-refractivity contribution in [2.75, 3.05) is 12.3 Å². The van der Waals surface area contributed by atoms with E-state index < -0.39 is 0 Å². The van der Waals surface area contributed by atoms with Crippen molar-refractivity contribution in [3.05, 3.63) is 65.7 Å². The molecule has 0 aliphatic carbocycles. The standard InChI is InChI=1S/C19H19N3O2S/c1-14-7-5-6-10-16(14)18-21-22-19(24-18)25-13-17(23)20-12-11-15-8-3-2-4-9-15/h2-10H,11-13H2,1H3,(H,20,23). The highest BCUT2D eigenvalue weighted by molar-refractivity contribution is 7.99. The Morgan fingerprint density at radius 2 is 1.84 bits per heavy atom. The van der Waals surface area contributed by atoms with Gasteiger partial charge in [0.05, 0.1) is 5.75 Å². The maximum atomic E-state index is 11.9. The van der Waals surface area contributed by atoms with Crippen LogP contribution in [-0.2, 0) is 11.2 Å². The van der Waals surface area contributed by atoms with Crippen LogP contribution in [0.1, 0.15) is 11.1 Å². The molecule has 0 bridgehead atoms. The minimum Gasteiger partial charge on any atom is -0.411 e.